The molecule has 0 amide bonds. The Morgan fingerprint density at radius 1 is 1.00 bits per heavy atom. The van der Waals surface area contributed by atoms with E-state index in [1.807, 2.05) is 12.1 Å². The molecule has 2 rings (SSSR count). The number of hydrogen-bond acceptors (Lipinski definition) is 0. The molecule has 0 bridgehead atoms. The van der Waals surface area contributed by atoms with Crippen molar-refractivity contribution in [3.8, 4) is 0 Å². The molecule has 112 valence electrons. The van der Waals surface area contributed by atoms with Crippen molar-refractivity contribution >= 4 is 59.4 Å². The number of alkyl halides is 2. The van der Waals surface area contributed by atoms with E-state index in [0.29, 0.717) is 27.7 Å². The van der Waals surface area contributed by atoms with Crippen LogP contribution in [0.25, 0.3) is 0 Å². The average Bonchev–Trinajstić information content (AvgIpc) is 2.49. The molecular formula is C16H13Br3ClF. The molecule has 0 saturated carbocycles. The van der Waals surface area contributed by atoms with Gasteiger partial charge in [-0.05, 0) is 36.2 Å². The lowest BCUT2D eigenvalue weighted by Gasteiger charge is -2.31. The van der Waals surface area contributed by atoms with E-state index in [1.54, 1.807) is 12.1 Å². The van der Waals surface area contributed by atoms with Gasteiger partial charge in [0.05, 0.1) is 0 Å². The lowest BCUT2D eigenvalue weighted by Crippen LogP contribution is -2.33. The van der Waals surface area contributed by atoms with Gasteiger partial charge in [-0.3, -0.25) is 0 Å². The quantitative estimate of drug-likeness (QED) is 0.412. The first-order valence-corrected chi connectivity index (χ1v) is 9.74. The molecule has 0 unspecified atom stereocenters. The van der Waals surface area contributed by atoms with Gasteiger partial charge in [-0.25, -0.2) is 4.39 Å². The van der Waals surface area contributed by atoms with Crippen molar-refractivity contribution in [3.63, 3.8) is 0 Å². The maximum atomic E-state index is 14.1. The van der Waals surface area contributed by atoms with Crippen LogP contribution in [0.4, 0.5) is 4.39 Å². The minimum Gasteiger partial charge on any atom is -0.207 e. The van der Waals surface area contributed by atoms with Crippen LogP contribution in [-0.2, 0) is 11.8 Å². The normalized spacial score (nSPS) is 11.7. The van der Waals surface area contributed by atoms with Crippen LogP contribution in [0.1, 0.15) is 11.1 Å². The smallest absolute Gasteiger partial charge is 0.127 e. The number of benzene rings is 2. The van der Waals surface area contributed by atoms with Gasteiger partial charge in [-0.2, -0.15) is 0 Å². The molecule has 0 atom stereocenters. The molecule has 0 aromatic heterocycles. The van der Waals surface area contributed by atoms with Crippen LogP contribution in [-0.4, -0.2) is 10.7 Å². The highest BCUT2D eigenvalue weighted by Crippen LogP contribution is 2.36. The van der Waals surface area contributed by atoms with Crippen LogP contribution in [0.2, 0.25) is 5.02 Å². The molecule has 0 aliphatic carbocycles. The third-order valence-electron chi connectivity index (χ3n) is 3.55. The van der Waals surface area contributed by atoms with Crippen LogP contribution in [0.3, 0.4) is 0 Å². The highest BCUT2D eigenvalue weighted by atomic mass is 79.9. The van der Waals surface area contributed by atoms with Crippen molar-refractivity contribution in [2.24, 2.45) is 0 Å². The van der Waals surface area contributed by atoms with Gasteiger partial charge in [-0.1, -0.05) is 77.6 Å². The minimum absolute atomic E-state index is 0.257. The SMILES string of the molecule is Fc1cccc(Cl)c1CC(CBr)(CBr)c1ccc(Br)cc1. The zero-order chi connectivity index (χ0) is 15.5. The summed E-state index contributed by atoms with van der Waals surface area (Å²) in [7, 11) is 0. The van der Waals surface area contributed by atoms with E-state index in [-0.39, 0.29) is 11.2 Å². The molecule has 2 aromatic rings. The Hall–Kier alpha value is 0.1000. The molecule has 0 aliphatic rings. The van der Waals surface area contributed by atoms with Crippen molar-refractivity contribution in [2.75, 3.05) is 10.7 Å². The first kappa shape index (κ1) is 17.5. The summed E-state index contributed by atoms with van der Waals surface area (Å²) in [5, 5.41) is 1.88. The highest BCUT2D eigenvalue weighted by Gasteiger charge is 2.32. The Bertz CT molecular complexity index is 589. The minimum atomic E-state index is -0.258. The van der Waals surface area contributed by atoms with Crippen molar-refractivity contribution < 1.29 is 4.39 Å². The van der Waals surface area contributed by atoms with Gasteiger partial charge < -0.3 is 0 Å². The standard InChI is InChI=1S/C16H13Br3ClF/c17-9-16(10-18,11-4-6-12(19)7-5-11)8-13-14(20)2-1-3-15(13)21/h1-7H,8-10H2. The summed E-state index contributed by atoms with van der Waals surface area (Å²) in [6.45, 7) is 0. The topological polar surface area (TPSA) is 0 Å². The summed E-state index contributed by atoms with van der Waals surface area (Å²) < 4.78 is 15.1. The van der Waals surface area contributed by atoms with Crippen LogP contribution >= 0.6 is 59.4 Å². The van der Waals surface area contributed by atoms with Crippen molar-refractivity contribution in [1.29, 1.82) is 0 Å². The summed E-state index contributed by atoms with van der Waals surface area (Å²) in [4.78, 5) is 0. The Balaban J connectivity index is 2.45. The van der Waals surface area contributed by atoms with Gasteiger partial charge >= 0.3 is 0 Å². The second kappa shape index (κ2) is 7.58. The van der Waals surface area contributed by atoms with E-state index < -0.39 is 0 Å². The van der Waals surface area contributed by atoms with Gasteiger partial charge in [0.1, 0.15) is 5.82 Å². The second-order valence-corrected chi connectivity index (χ2v) is 7.38. The van der Waals surface area contributed by atoms with Crippen LogP contribution in [0.15, 0.2) is 46.9 Å². The second-order valence-electron chi connectivity index (χ2n) is 4.93. The largest absolute Gasteiger partial charge is 0.207 e. The summed E-state index contributed by atoms with van der Waals surface area (Å²) in [6, 6.07) is 12.9. The molecule has 0 aliphatic heterocycles. The van der Waals surface area contributed by atoms with Gasteiger partial charge in [0.25, 0.3) is 0 Å². The summed E-state index contributed by atoms with van der Waals surface area (Å²) >= 11 is 16.8. The molecule has 0 saturated heterocycles. The summed E-state index contributed by atoms with van der Waals surface area (Å²) in [6.07, 6.45) is 0.524. The van der Waals surface area contributed by atoms with E-state index in [0.717, 1.165) is 10.0 Å². The van der Waals surface area contributed by atoms with Crippen LogP contribution < -0.4 is 0 Å². The monoisotopic (exact) mass is 496 g/mol. The molecule has 0 heterocycles. The van der Waals surface area contributed by atoms with Crippen molar-refractivity contribution in [3.05, 3.63) is 68.9 Å². The van der Waals surface area contributed by atoms with E-state index in [9.17, 15) is 4.39 Å². The summed E-state index contributed by atoms with van der Waals surface area (Å²) in [5.74, 6) is -0.258. The Kier molecular flexibility index (Phi) is 6.30. The molecule has 0 spiro atoms. The fourth-order valence-corrected chi connectivity index (χ4v) is 4.70. The van der Waals surface area contributed by atoms with Gasteiger partial charge in [0.2, 0.25) is 0 Å². The molecular weight excluding hydrogens is 486 g/mol. The van der Waals surface area contributed by atoms with Crippen LogP contribution in [0.5, 0.6) is 0 Å². The first-order chi connectivity index (χ1) is 10.0. The van der Waals surface area contributed by atoms with E-state index >= 15 is 0 Å². The zero-order valence-electron chi connectivity index (χ0n) is 11.1. The van der Waals surface area contributed by atoms with Gasteiger partial charge in [-0.15, -0.1) is 0 Å². The van der Waals surface area contributed by atoms with Gasteiger partial charge in [0.15, 0.2) is 0 Å². The fraction of sp³-hybridized carbons (Fsp3) is 0.250. The third-order valence-corrected chi connectivity index (χ3v) is 6.57. The van der Waals surface area contributed by atoms with E-state index in [1.165, 1.54) is 6.07 Å². The maximum Gasteiger partial charge on any atom is 0.127 e. The van der Waals surface area contributed by atoms with E-state index in [4.69, 9.17) is 11.6 Å². The average molecular weight is 499 g/mol. The molecule has 5 heteroatoms. The van der Waals surface area contributed by atoms with E-state index in [2.05, 4.69) is 59.9 Å². The maximum absolute atomic E-state index is 14.1. The Morgan fingerprint density at radius 2 is 1.62 bits per heavy atom. The molecule has 0 nitrogen and oxygen atoms in total. The predicted molar refractivity (Wildman–Crippen MR) is 98.5 cm³/mol. The zero-order valence-corrected chi connectivity index (χ0v) is 16.6. The highest BCUT2D eigenvalue weighted by molar-refractivity contribution is 9.10. The predicted octanol–water partition coefficient (Wildman–Crippen LogP) is 6.51. The lowest BCUT2D eigenvalue weighted by atomic mass is 9.79. The molecule has 0 fully saturated rings. The fourth-order valence-electron chi connectivity index (χ4n) is 2.23. The molecule has 21 heavy (non-hydrogen) atoms. The van der Waals surface area contributed by atoms with Crippen molar-refractivity contribution in [1.82, 2.24) is 0 Å². The number of hydrogen-bond donors (Lipinski definition) is 0. The van der Waals surface area contributed by atoms with Gasteiger partial charge in [0, 0.05) is 31.1 Å². The Morgan fingerprint density at radius 3 is 2.14 bits per heavy atom. The third kappa shape index (κ3) is 3.90. The lowest BCUT2D eigenvalue weighted by molar-refractivity contribution is 0.523. The Labute approximate surface area is 154 Å². The number of halogens is 5. The molecule has 2 aromatic carbocycles. The first-order valence-electron chi connectivity index (χ1n) is 6.33. The number of rotatable bonds is 5. The summed E-state index contributed by atoms with van der Waals surface area (Å²) in [5.41, 5.74) is 1.44. The van der Waals surface area contributed by atoms with Crippen LogP contribution in [0, 0.1) is 5.82 Å². The van der Waals surface area contributed by atoms with Crippen molar-refractivity contribution in [2.45, 2.75) is 11.8 Å². The molecule has 0 N–H and O–H groups in total. The molecule has 0 radical (unpaired) electrons.